The van der Waals surface area contributed by atoms with Crippen LogP contribution < -0.4 is 11.1 Å². The van der Waals surface area contributed by atoms with Crippen molar-refractivity contribution in [1.29, 1.82) is 0 Å². The third-order valence-corrected chi connectivity index (χ3v) is 4.36. The second-order valence-electron chi connectivity index (χ2n) is 6.66. The van der Waals surface area contributed by atoms with Gasteiger partial charge in [-0.15, -0.1) is 0 Å². The lowest BCUT2D eigenvalue weighted by atomic mass is 9.98. The number of amides is 1. The van der Waals surface area contributed by atoms with Crippen LogP contribution in [-0.2, 0) is 16.0 Å². The summed E-state index contributed by atoms with van der Waals surface area (Å²) < 4.78 is 5.03. The van der Waals surface area contributed by atoms with E-state index in [1.54, 1.807) is 0 Å². The van der Waals surface area contributed by atoms with E-state index < -0.39 is 17.9 Å². The van der Waals surface area contributed by atoms with Crippen LogP contribution in [0.5, 0.6) is 0 Å². The fourth-order valence-corrected chi connectivity index (χ4v) is 2.89. The maximum Gasteiger partial charge on any atom is 0.237 e. The van der Waals surface area contributed by atoms with E-state index in [1.165, 1.54) is 0 Å². The van der Waals surface area contributed by atoms with Crippen LogP contribution in [0.2, 0.25) is 0 Å². The van der Waals surface area contributed by atoms with Gasteiger partial charge in [0, 0.05) is 17.1 Å². The Morgan fingerprint density at radius 3 is 2.87 bits per heavy atom. The Balaban J connectivity index is 1.56. The highest BCUT2D eigenvalue weighted by Gasteiger charge is 2.50. The van der Waals surface area contributed by atoms with Gasteiger partial charge in [0.15, 0.2) is 6.29 Å². The van der Waals surface area contributed by atoms with Gasteiger partial charge >= 0.3 is 0 Å². The summed E-state index contributed by atoms with van der Waals surface area (Å²) in [6.45, 7) is 3.64. The minimum absolute atomic E-state index is 0.224. The molecule has 1 aliphatic rings. The average Bonchev–Trinajstić information content (AvgIpc) is 3.12. The summed E-state index contributed by atoms with van der Waals surface area (Å²) in [6.07, 6.45) is 2.08. The summed E-state index contributed by atoms with van der Waals surface area (Å²) in [5.41, 5.74) is 7.63. The molecule has 0 bridgehead atoms. The molecule has 3 rings (SSSR count). The molecular weight excluding hydrogens is 294 g/mol. The second kappa shape index (κ2) is 5.96. The number of para-hydroxylation sites is 1. The van der Waals surface area contributed by atoms with Gasteiger partial charge in [-0.2, -0.15) is 0 Å². The van der Waals surface area contributed by atoms with Crippen LogP contribution in [0.1, 0.15) is 25.8 Å². The van der Waals surface area contributed by atoms with Crippen molar-refractivity contribution >= 4 is 16.8 Å². The predicted molar refractivity (Wildman–Crippen MR) is 87.7 cm³/mol. The molecule has 1 fully saturated rings. The van der Waals surface area contributed by atoms with Gasteiger partial charge in [-0.1, -0.05) is 18.2 Å². The van der Waals surface area contributed by atoms with E-state index in [4.69, 9.17) is 10.5 Å². The SMILES string of the molecule is CC(C)(NC(=O)[C@H](N)CCc1c[nH]c2ccccc12)C1OC1O. The Morgan fingerprint density at radius 1 is 1.48 bits per heavy atom. The van der Waals surface area contributed by atoms with Crippen LogP contribution in [0.3, 0.4) is 0 Å². The molecule has 0 spiro atoms. The Bertz CT molecular complexity index is 710. The summed E-state index contributed by atoms with van der Waals surface area (Å²) >= 11 is 0. The average molecular weight is 317 g/mol. The highest BCUT2D eigenvalue weighted by molar-refractivity contribution is 5.84. The van der Waals surface area contributed by atoms with Crippen molar-refractivity contribution in [3.8, 4) is 0 Å². The molecule has 6 nitrogen and oxygen atoms in total. The molecule has 6 heteroatoms. The Hall–Kier alpha value is -1.89. The number of epoxide rings is 1. The van der Waals surface area contributed by atoms with Crippen LogP contribution in [0.15, 0.2) is 30.5 Å². The van der Waals surface area contributed by atoms with E-state index in [1.807, 2.05) is 38.2 Å². The van der Waals surface area contributed by atoms with E-state index in [2.05, 4.69) is 16.4 Å². The Labute approximate surface area is 135 Å². The molecule has 124 valence electrons. The minimum atomic E-state index is -0.798. The number of nitrogens with one attached hydrogen (secondary N) is 2. The summed E-state index contributed by atoms with van der Waals surface area (Å²) in [4.78, 5) is 15.5. The number of ether oxygens (including phenoxy) is 1. The number of aromatic amines is 1. The minimum Gasteiger partial charge on any atom is -0.366 e. The first-order chi connectivity index (χ1) is 10.9. The van der Waals surface area contributed by atoms with Crippen LogP contribution in [0, 0.1) is 0 Å². The van der Waals surface area contributed by atoms with E-state index in [-0.39, 0.29) is 12.0 Å². The van der Waals surface area contributed by atoms with Crippen LogP contribution in [-0.4, -0.2) is 40.0 Å². The number of carbonyl (C=O) groups excluding carboxylic acids is 1. The molecule has 23 heavy (non-hydrogen) atoms. The quantitative estimate of drug-likeness (QED) is 0.598. The van der Waals surface area contributed by atoms with Gasteiger partial charge in [-0.05, 0) is 38.3 Å². The lowest BCUT2D eigenvalue weighted by Gasteiger charge is -2.26. The van der Waals surface area contributed by atoms with Gasteiger partial charge in [0.25, 0.3) is 0 Å². The van der Waals surface area contributed by atoms with E-state index in [0.29, 0.717) is 6.42 Å². The van der Waals surface area contributed by atoms with Crippen molar-refractivity contribution in [3.63, 3.8) is 0 Å². The molecule has 5 N–H and O–H groups in total. The first-order valence-electron chi connectivity index (χ1n) is 7.84. The van der Waals surface area contributed by atoms with E-state index in [0.717, 1.165) is 22.9 Å². The van der Waals surface area contributed by atoms with Gasteiger partial charge in [0.1, 0.15) is 6.10 Å². The third kappa shape index (κ3) is 3.39. The number of rotatable bonds is 6. The molecule has 0 saturated carbocycles. The highest BCUT2D eigenvalue weighted by Crippen LogP contribution is 2.30. The summed E-state index contributed by atoms with van der Waals surface area (Å²) in [5.74, 6) is -0.224. The number of nitrogens with two attached hydrogens (primary N) is 1. The normalized spacial score (nSPS) is 22.1. The highest BCUT2D eigenvalue weighted by atomic mass is 16.7. The first-order valence-corrected chi connectivity index (χ1v) is 7.84. The zero-order chi connectivity index (χ0) is 16.6. The van der Waals surface area contributed by atoms with Gasteiger partial charge in [0.2, 0.25) is 5.91 Å². The number of carbonyl (C=O) groups is 1. The number of aliphatic hydroxyl groups excluding tert-OH is 1. The van der Waals surface area contributed by atoms with Crippen molar-refractivity contribution in [2.45, 2.75) is 50.7 Å². The van der Waals surface area contributed by atoms with Crippen molar-refractivity contribution in [3.05, 3.63) is 36.0 Å². The number of H-pyrrole nitrogens is 1. The van der Waals surface area contributed by atoms with Gasteiger partial charge < -0.3 is 25.9 Å². The van der Waals surface area contributed by atoms with Gasteiger partial charge in [-0.25, -0.2) is 0 Å². The van der Waals surface area contributed by atoms with Crippen LogP contribution in [0.25, 0.3) is 10.9 Å². The number of fused-ring (bicyclic) bond motifs is 1. The molecule has 2 aromatic rings. The summed E-state index contributed by atoms with van der Waals surface area (Å²) in [5, 5.41) is 13.4. The first kappa shape index (κ1) is 16.0. The van der Waals surface area contributed by atoms with E-state index in [9.17, 15) is 9.90 Å². The Morgan fingerprint density at radius 2 is 2.17 bits per heavy atom. The summed E-state index contributed by atoms with van der Waals surface area (Å²) in [6, 6.07) is 7.46. The monoisotopic (exact) mass is 317 g/mol. The molecule has 1 aliphatic heterocycles. The predicted octanol–water partition coefficient (Wildman–Crippen LogP) is 1.04. The number of aryl methyl sites for hydroxylation is 1. The molecule has 1 aromatic carbocycles. The number of benzene rings is 1. The van der Waals surface area contributed by atoms with Crippen molar-refractivity contribution < 1.29 is 14.6 Å². The standard InChI is InChI=1S/C17H23N3O3/c1-17(2,14-16(22)23-14)20-15(21)12(18)8-7-10-9-19-13-6-4-3-5-11(10)13/h3-6,9,12,14,16,19,22H,7-8,18H2,1-2H3,(H,20,21)/t12-,14?,16?/m1/s1. The molecule has 1 saturated heterocycles. The van der Waals surface area contributed by atoms with Gasteiger partial charge in [0.05, 0.1) is 11.6 Å². The van der Waals surface area contributed by atoms with Crippen molar-refractivity contribution in [2.24, 2.45) is 5.73 Å². The lowest BCUT2D eigenvalue weighted by molar-refractivity contribution is -0.124. The third-order valence-electron chi connectivity index (χ3n) is 4.36. The maximum absolute atomic E-state index is 12.2. The lowest BCUT2D eigenvalue weighted by Crippen LogP contribution is -2.53. The number of hydrogen-bond donors (Lipinski definition) is 4. The molecule has 1 aromatic heterocycles. The van der Waals surface area contributed by atoms with Crippen molar-refractivity contribution in [2.75, 3.05) is 0 Å². The zero-order valence-corrected chi connectivity index (χ0v) is 13.4. The van der Waals surface area contributed by atoms with E-state index >= 15 is 0 Å². The molecule has 2 heterocycles. The molecule has 2 unspecified atom stereocenters. The number of aromatic nitrogens is 1. The molecule has 0 aliphatic carbocycles. The van der Waals surface area contributed by atoms with Crippen molar-refractivity contribution in [1.82, 2.24) is 10.3 Å². The second-order valence-corrected chi connectivity index (χ2v) is 6.66. The fraction of sp³-hybridized carbons (Fsp3) is 0.471. The molecule has 0 radical (unpaired) electrons. The Kier molecular flexibility index (Phi) is 4.14. The van der Waals surface area contributed by atoms with Crippen LogP contribution in [0.4, 0.5) is 0 Å². The molecular formula is C17H23N3O3. The fourth-order valence-electron chi connectivity index (χ4n) is 2.89. The van der Waals surface area contributed by atoms with Crippen LogP contribution >= 0.6 is 0 Å². The maximum atomic E-state index is 12.2. The van der Waals surface area contributed by atoms with Gasteiger partial charge in [-0.3, -0.25) is 4.79 Å². The number of hydrogen-bond acceptors (Lipinski definition) is 4. The zero-order valence-electron chi connectivity index (χ0n) is 13.4. The summed E-state index contributed by atoms with van der Waals surface area (Å²) in [7, 11) is 0. The topological polar surface area (TPSA) is 104 Å². The largest absolute Gasteiger partial charge is 0.366 e. The smallest absolute Gasteiger partial charge is 0.237 e. The molecule has 3 atom stereocenters. The number of aliphatic hydroxyl groups is 1. The molecule has 1 amide bonds.